The Morgan fingerprint density at radius 2 is 1.88 bits per heavy atom. The van der Waals surface area contributed by atoms with E-state index in [-0.39, 0.29) is 12.5 Å². The highest BCUT2D eigenvalue weighted by Gasteiger charge is 2.30. The van der Waals surface area contributed by atoms with Crippen LogP contribution in [0.25, 0.3) is 11.6 Å². The van der Waals surface area contributed by atoms with Gasteiger partial charge in [-0.3, -0.25) is 4.79 Å². The predicted octanol–water partition coefficient (Wildman–Crippen LogP) is 5.71. The first-order valence-corrected chi connectivity index (χ1v) is 10.6. The lowest BCUT2D eigenvalue weighted by atomic mass is 10.0. The van der Waals surface area contributed by atoms with E-state index in [0.717, 1.165) is 22.4 Å². The summed E-state index contributed by atoms with van der Waals surface area (Å²) in [5.41, 5.74) is 4.43. The molecule has 0 aliphatic carbocycles. The molecule has 3 aromatic rings. The minimum absolute atomic E-state index is 0.0442. The summed E-state index contributed by atoms with van der Waals surface area (Å²) in [5.74, 6) is 0.791. The molecule has 0 fully saturated rings. The van der Waals surface area contributed by atoms with Gasteiger partial charge < -0.3 is 14.4 Å². The monoisotopic (exact) mass is 444 g/mol. The molecule has 3 aromatic carbocycles. The first-order valence-electron chi connectivity index (χ1n) is 10.2. The molecule has 0 radical (unpaired) electrons. The maximum absolute atomic E-state index is 13.0. The average molecular weight is 445 g/mol. The quantitative estimate of drug-likeness (QED) is 0.457. The number of ether oxygens (including phenoxy) is 2. The molecule has 0 saturated heterocycles. The van der Waals surface area contributed by atoms with Crippen LogP contribution in [-0.2, 0) is 11.4 Å². The third kappa shape index (κ3) is 3.93. The first kappa shape index (κ1) is 21.5. The minimum atomic E-state index is -0.0442. The maximum atomic E-state index is 13.0. The number of hydrogen-bond acceptors (Lipinski definition) is 4. The van der Waals surface area contributed by atoms with Gasteiger partial charge in [0.1, 0.15) is 6.61 Å². The molecule has 1 amide bonds. The third-order valence-electron chi connectivity index (χ3n) is 5.35. The Morgan fingerprint density at radius 3 is 2.62 bits per heavy atom. The van der Waals surface area contributed by atoms with Crippen molar-refractivity contribution in [1.82, 2.24) is 0 Å². The molecule has 5 nitrogen and oxygen atoms in total. The van der Waals surface area contributed by atoms with Crippen molar-refractivity contribution >= 4 is 34.8 Å². The van der Waals surface area contributed by atoms with E-state index >= 15 is 0 Å². The molecule has 160 valence electrons. The van der Waals surface area contributed by atoms with Crippen molar-refractivity contribution in [2.24, 2.45) is 0 Å². The smallest absolute Gasteiger partial charge is 0.258 e. The Bertz CT molecular complexity index is 1260. The Balaban J connectivity index is 1.67. The summed E-state index contributed by atoms with van der Waals surface area (Å²) in [6.45, 7) is 2.72. The summed E-state index contributed by atoms with van der Waals surface area (Å²) < 4.78 is 11.4. The fraction of sp³-hybridized carbons (Fsp3) is 0.154. The number of nitriles is 1. The molecular formula is C26H21ClN2O3. The van der Waals surface area contributed by atoms with Crippen LogP contribution in [0.3, 0.4) is 0 Å². The summed E-state index contributed by atoms with van der Waals surface area (Å²) in [6, 6.07) is 20.6. The summed E-state index contributed by atoms with van der Waals surface area (Å²) in [7, 11) is 1.54. The Labute approximate surface area is 192 Å². The molecule has 32 heavy (non-hydrogen) atoms. The first-order chi connectivity index (χ1) is 15.6. The number of likely N-dealkylation sites (N-methyl/N-ethyl adjacent to an activating group) is 1. The van der Waals surface area contributed by atoms with Crippen molar-refractivity contribution in [3.8, 4) is 17.6 Å². The highest BCUT2D eigenvalue weighted by atomic mass is 35.5. The van der Waals surface area contributed by atoms with Gasteiger partial charge in [0.15, 0.2) is 11.5 Å². The molecule has 6 heteroatoms. The zero-order chi connectivity index (χ0) is 22.7. The predicted molar refractivity (Wildman–Crippen MR) is 126 cm³/mol. The van der Waals surface area contributed by atoms with E-state index in [1.54, 1.807) is 29.2 Å². The fourth-order valence-corrected chi connectivity index (χ4v) is 4.07. The van der Waals surface area contributed by atoms with Crippen LogP contribution in [0.15, 0.2) is 60.7 Å². The van der Waals surface area contributed by atoms with Crippen LogP contribution < -0.4 is 14.4 Å². The average Bonchev–Trinajstić information content (AvgIpc) is 3.08. The third-order valence-corrected chi connectivity index (χ3v) is 5.63. The van der Waals surface area contributed by atoms with E-state index in [9.17, 15) is 10.1 Å². The van der Waals surface area contributed by atoms with E-state index in [1.165, 1.54) is 7.11 Å². The van der Waals surface area contributed by atoms with Crippen molar-refractivity contribution in [2.45, 2.75) is 13.5 Å². The van der Waals surface area contributed by atoms with Gasteiger partial charge in [-0.2, -0.15) is 5.26 Å². The van der Waals surface area contributed by atoms with Gasteiger partial charge in [-0.1, -0.05) is 48.0 Å². The highest BCUT2D eigenvalue weighted by molar-refractivity contribution is 6.36. The lowest BCUT2D eigenvalue weighted by Gasteiger charge is -2.14. The molecule has 0 spiro atoms. The van der Waals surface area contributed by atoms with Gasteiger partial charge in [0.2, 0.25) is 0 Å². The fourth-order valence-electron chi connectivity index (χ4n) is 3.80. The van der Waals surface area contributed by atoms with Gasteiger partial charge in [0, 0.05) is 23.2 Å². The second kappa shape index (κ2) is 9.17. The summed E-state index contributed by atoms with van der Waals surface area (Å²) in [5, 5.41) is 9.64. The van der Waals surface area contributed by atoms with Gasteiger partial charge in [0.25, 0.3) is 5.91 Å². The number of anilines is 1. The Morgan fingerprint density at radius 1 is 1.12 bits per heavy atom. The molecule has 1 heterocycles. The molecule has 4 rings (SSSR count). The number of hydrogen-bond donors (Lipinski definition) is 0. The van der Waals surface area contributed by atoms with Gasteiger partial charge in [-0.05, 0) is 42.8 Å². The van der Waals surface area contributed by atoms with E-state index < -0.39 is 0 Å². The number of carbonyl (C=O) groups is 1. The standard InChI is InChI=1S/C26H21ClN2O3/c1-3-29-23-11-7-6-10-20(23)21(26(29)30)12-17-13-22(27)25(24(14-17)31-2)32-16-19-9-5-4-8-18(19)15-28/h4-14H,3,16H2,1-2H3/b21-12-. The summed E-state index contributed by atoms with van der Waals surface area (Å²) in [6.07, 6.45) is 1.82. The molecule has 0 saturated carbocycles. The largest absolute Gasteiger partial charge is 0.493 e. The minimum Gasteiger partial charge on any atom is -0.493 e. The van der Waals surface area contributed by atoms with Crippen LogP contribution in [0.1, 0.15) is 29.2 Å². The number of fused-ring (bicyclic) bond motifs is 1. The maximum Gasteiger partial charge on any atom is 0.258 e. The molecule has 0 atom stereocenters. The lowest BCUT2D eigenvalue weighted by molar-refractivity contribution is -0.112. The number of carbonyl (C=O) groups excluding carboxylic acids is 1. The number of benzene rings is 3. The van der Waals surface area contributed by atoms with E-state index in [1.807, 2.05) is 49.4 Å². The molecule has 0 bridgehead atoms. The van der Waals surface area contributed by atoms with Crippen molar-refractivity contribution in [3.05, 3.63) is 87.9 Å². The van der Waals surface area contributed by atoms with Crippen LogP contribution in [0.5, 0.6) is 11.5 Å². The highest BCUT2D eigenvalue weighted by Crippen LogP contribution is 2.41. The number of methoxy groups -OCH3 is 1. The van der Waals surface area contributed by atoms with Crippen LogP contribution in [0, 0.1) is 11.3 Å². The Kier molecular flexibility index (Phi) is 6.16. The van der Waals surface area contributed by atoms with Crippen LogP contribution in [0.4, 0.5) is 5.69 Å². The molecule has 1 aliphatic heterocycles. The SMILES string of the molecule is CCN1C(=O)/C(=C\c2cc(Cl)c(OCc3ccccc3C#N)c(OC)c2)c2ccccc21. The zero-order valence-electron chi connectivity index (χ0n) is 17.8. The number of para-hydroxylation sites is 1. The Hall–Kier alpha value is -3.75. The molecular weight excluding hydrogens is 424 g/mol. The van der Waals surface area contributed by atoms with Crippen molar-refractivity contribution in [2.75, 3.05) is 18.6 Å². The van der Waals surface area contributed by atoms with Crippen molar-refractivity contribution in [1.29, 1.82) is 5.26 Å². The molecule has 1 aliphatic rings. The molecule has 0 unspecified atom stereocenters. The van der Waals surface area contributed by atoms with Gasteiger partial charge in [-0.25, -0.2) is 0 Å². The van der Waals surface area contributed by atoms with Gasteiger partial charge in [0.05, 0.1) is 29.5 Å². The number of nitrogens with zero attached hydrogens (tertiary/aromatic N) is 2. The molecule has 0 aromatic heterocycles. The van der Waals surface area contributed by atoms with Crippen molar-refractivity contribution < 1.29 is 14.3 Å². The number of amides is 1. The number of rotatable bonds is 6. The van der Waals surface area contributed by atoms with E-state index in [2.05, 4.69) is 6.07 Å². The zero-order valence-corrected chi connectivity index (χ0v) is 18.5. The van der Waals surface area contributed by atoms with Gasteiger partial charge in [-0.15, -0.1) is 0 Å². The summed E-state index contributed by atoms with van der Waals surface area (Å²) >= 11 is 6.54. The number of halogens is 1. The topological polar surface area (TPSA) is 62.6 Å². The van der Waals surface area contributed by atoms with Crippen LogP contribution in [-0.4, -0.2) is 19.6 Å². The van der Waals surface area contributed by atoms with E-state index in [4.69, 9.17) is 21.1 Å². The second-order valence-electron chi connectivity index (χ2n) is 7.22. The van der Waals surface area contributed by atoms with Crippen LogP contribution >= 0.6 is 11.6 Å². The van der Waals surface area contributed by atoms with Crippen LogP contribution in [0.2, 0.25) is 5.02 Å². The second-order valence-corrected chi connectivity index (χ2v) is 7.62. The van der Waals surface area contributed by atoms with Gasteiger partial charge >= 0.3 is 0 Å². The molecule has 0 N–H and O–H groups in total. The normalized spacial score (nSPS) is 13.8. The van der Waals surface area contributed by atoms with Crippen molar-refractivity contribution in [3.63, 3.8) is 0 Å². The lowest BCUT2D eigenvalue weighted by Crippen LogP contribution is -2.25. The summed E-state index contributed by atoms with van der Waals surface area (Å²) in [4.78, 5) is 14.7. The van der Waals surface area contributed by atoms with E-state index in [0.29, 0.717) is 34.2 Å².